The van der Waals surface area contributed by atoms with Gasteiger partial charge in [0.25, 0.3) is 0 Å². The molecule has 0 saturated carbocycles. The number of nitrogens with zero attached hydrogens (tertiary/aromatic N) is 2. The zero-order chi connectivity index (χ0) is 17.4. The molecule has 4 heteroatoms. The molecule has 0 saturated heterocycles. The van der Waals surface area contributed by atoms with E-state index in [-0.39, 0.29) is 24.3 Å². The monoisotopic (exact) mass is 344 g/mol. The van der Waals surface area contributed by atoms with E-state index in [1.165, 1.54) is 33.4 Å². The maximum atomic E-state index is 5.94. The van der Waals surface area contributed by atoms with Gasteiger partial charge in [0.1, 0.15) is 24.3 Å². The third-order valence-electron chi connectivity index (χ3n) is 6.11. The van der Waals surface area contributed by atoms with Gasteiger partial charge in [0.2, 0.25) is 0 Å². The highest BCUT2D eigenvalue weighted by atomic mass is 16.5. The third kappa shape index (κ3) is 1.84. The van der Waals surface area contributed by atoms with Crippen LogP contribution in [0.1, 0.15) is 48.2 Å². The maximum absolute atomic E-state index is 5.94. The lowest BCUT2D eigenvalue weighted by atomic mass is 9.89. The minimum absolute atomic E-state index is 0.124. The van der Waals surface area contributed by atoms with E-state index in [1.807, 2.05) is 13.8 Å². The first-order valence-electron chi connectivity index (χ1n) is 9.35. The van der Waals surface area contributed by atoms with Crippen LogP contribution in [-0.4, -0.2) is 24.0 Å². The average Bonchev–Trinajstić information content (AvgIpc) is 3.32. The van der Waals surface area contributed by atoms with Gasteiger partial charge in [0.15, 0.2) is 11.8 Å². The molecule has 2 aliphatic heterocycles. The number of rotatable bonds is 1. The number of fused-ring (bicyclic) bond motifs is 6. The molecule has 2 aliphatic carbocycles. The first-order valence-corrected chi connectivity index (χ1v) is 9.35. The maximum Gasteiger partial charge on any atom is 0.181 e. The molecule has 2 heterocycles. The fraction of sp³-hybridized carbons (Fsp3) is 0.364. The molecule has 0 unspecified atom stereocenters. The molecule has 6 rings (SSSR count). The third-order valence-corrected chi connectivity index (χ3v) is 6.11. The van der Waals surface area contributed by atoms with Crippen molar-refractivity contribution in [2.24, 2.45) is 9.98 Å². The second-order valence-electron chi connectivity index (χ2n) is 7.66. The van der Waals surface area contributed by atoms with Gasteiger partial charge in [0.05, 0.1) is 0 Å². The minimum Gasteiger partial charge on any atom is -0.475 e. The number of ether oxygens (including phenoxy) is 2. The molecule has 0 fully saturated rings. The predicted molar refractivity (Wildman–Crippen MR) is 101 cm³/mol. The van der Waals surface area contributed by atoms with Crippen molar-refractivity contribution in [1.29, 1.82) is 0 Å². The van der Waals surface area contributed by atoms with Gasteiger partial charge in [0, 0.05) is 26.7 Å². The molecule has 0 radical (unpaired) electrons. The molecule has 0 aromatic heterocycles. The van der Waals surface area contributed by atoms with Crippen molar-refractivity contribution in [1.82, 2.24) is 0 Å². The molecule has 4 atom stereocenters. The highest BCUT2D eigenvalue weighted by Crippen LogP contribution is 2.49. The number of hydrogen-bond acceptors (Lipinski definition) is 4. The normalized spacial score (nSPS) is 29.9. The standard InChI is InChI=1S/C22H20N2O2/c1-11-23-21-17(25-11)9-13-5-3-7-15(19(13)21)16-8-4-6-14-10-18-22(20(14)16)24-12(2)26-18/h3-8,17-18,21-22H,9-10H2,1-2H3/t17-,18-,21-,22-/m1/s1. The van der Waals surface area contributed by atoms with Crippen LogP contribution in [0.2, 0.25) is 0 Å². The first kappa shape index (κ1) is 14.5. The number of benzene rings is 2. The lowest BCUT2D eigenvalue weighted by Gasteiger charge is -2.17. The summed E-state index contributed by atoms with van der Waals surface area (Å²) in [4.78, 5) is 9.58. The van der Waals surface area contributed by atoms with E-state index >= 15 is 0 Å². The van der Waals surface area contributed by atoms with E-state index in [0.29, 0.717) is 0 Å². The summed E-state index contributed by atoms with van der Waals surface area (Å²) in [6.45, 7) is 3.91. The Balaban J connectivity index is 1.56. The van der Waals surface area contributed by atoms with E-state index in [9.17, 15) is 0 Å². The first-order chi connectivity index (χ1) is 12.7. The SMILES string of the molecule is CC1=N[C@H]2c3c(cccc3-c3cccc4c3[C@@H]3N=C(C)O[C@@H]3C4)C[C@H]2O1. The summed E-state index contributed by atoms with van der Waals surface area (Å²) in [6.07, 6.45) is 2.20. The zero-order valence-corrected chi connectivity index (χ0v) is 14.9. The van der Waals surface area contributed by atoms with Crippen molar-refractivity contribution in [3.8, 4) is 11.1 Å². The Labute approximate surface area is 152 Å². The lowest BCUT2D eigenvalue weighted by Crippen LogP contribution is -2.12. The van der Waals surface area contributed by atoms with Crippen LogP contribution in [0.5, 0.6) is 0 Å². The Morgan fingerprint density at radius 1 is 0.731 bits per heavy atom. The largest absolute Gasteiger partial charge is 0.475 e. The Hall–Kier alpha value is -2.62. The van der Waals surface area contributed by atoms with Crippen molar-refractivity contribution < 1.29 is 9.47 Å². The highest BCUT2D eigenvalue weighted by Gasteiger charge is 2.43. The molecule has 130 valence electrons. The molecule has 0 N–H and O–H groups in total. The summed E-state index contributed by atoms with van der Waals surface area (Å²) >= 11 is 0. The van der Waals surface area contributed by atoms with Crippen molar-refractivity contribution in [3.05, 3.63) is 58.7 Å². The second-order valence-corrected chi connectivity index (χ2v) is 7.66. The molecule has 26 heavy (non-hydrogen) atoms. The second kappa shape index (κ2) is 4.97. The van der Waals surface area contributed by atoms with Crippen LogP contribution < -0.4 is 0 Å². The molecular formula is C22H20N2O2. The van der Waals surface area contributed by atoms with Crippen molar-refractivity contribution in [3.63, 3.8) is 0 Å². The number of aliphatic imine (C=N–C) groups is 2. The van der Waals surface area contributed by atoms with Gasteiger partial charge in [-0.1, -0.05) is 36.4 Å². The summed E-state index contributed by atoms with van der Waals surface area (Å²) in [5.74, 6) is 1.62. The van der Waals surface area contributed by atoms with Crippen molar-refractivity contribution in [2.45, 2.75) is 51.0 Å². The quantitative estimate of drug-likeness (QED) is 0.779. The predicted octanol–water partition coefficient (Wildman–Crippen LogP) is 4.18. The van der Waals surface area contributed by atoms with E-state index < -0.39 is 0 Å². The molecule has 4 nitrogen and oxygen atoms in total. The minimum atomic E-state index is 0.124. The Bertz CT molecular complexity index is 926. The average molecular weight is 344 g/mol. The van der Waals surface area contributed by atoms with Crippen molar-refractivity contribution in [2.75, 3.05) is 0 Å². The van der Waals surface area contributed by atoms with Gasteiger partial charge in [-0.05, 0) is 33.4 Å². The summed E-state index contributed by atoms with van der Waals surface area (Å²) in [5, 5.41) is 0. The van der Waals surface area contributed by atoms with Crippen LogP contribution >= 0.6 is 0 Å². The molecular weight excluding hydrogens is 324 g/mol. The highest BCUT2D eigenvalue weighted by molar-refractivity contribution is 5.82. The van der Waals surface area contributed by atoms with Crippen LogP contribution in [0.4, 0.5) is 0 Å². The molecule has 0 amide bonds. The van der Waals surface area contributed by atoms with Gasteiger partial charge < -0.3 is 9.47 Å². The molecule has 0 bridgehead atoms. The summed E-state index contributed by atoms with van der Waals surface area (Å²) < 4.78 is 11.9. The lowest BCUT2D eigenvalue weighted by molar-refractivity contribution is 0.204. The Kier molecular flexibility index (Phi) is 2.78. The van der Waals surface area contributed by atoms with Crippen LogP contribution in [0.25, 0.3) is 11.1 Å². The number of hydrogen-bond donors (Lipinski definition) is 0. The summed E-state index contributed by atoms with van der Waals surface area (Å²) in [7, 11) is 0. The van der Waals surface area contributed by atoms with Crippen LogP contribution in [0.15, 0.2) is 46.4 Å². The van der Waals surface area contributed by atoms with E-state index in [2.05, 4.69) is 36.4 Å². The zero-order valence-electron chi connectivity index (χ0n) is 14.9. The summed E-state index contributed by atoms with van der Waals surface area (Å²) in [5.41, 5.74) is 7.98. The van der Waals surface area contributed by atoms with E-state index in [0.717, 1.165) is 24.6 Å². The van der Waals surface area contributed by atoms with E-state index in [1.54, 1.807) is 0 Å². The smallest absolute Gasteiger partial charge is 0.181 e. The Morgan fingerprint density at radius 3 is 1.65 bits per heavy atom. The molecule has 0 spiro atoms. The Morgan fingerprint density at radius 2 is 1.19 bits per heavy atom. The van der Waals surface area contributed by atoms with Gasteiger partial charge in [-0.15, -0.1) is 0 Å². The van der Waals surface area contributed by atoms with Crippen LogP contribution in [-0.2, 0) is 22.3 Å². The summed E-state index contributed by atoms with van der Waals surface area (Å²) in [6, 6.07) is 13.5. The van der Waals surface area contributed by atoms with Crippen LogP contribution in [0.3, 0.4) is 0 Å². The fourth-order valence-electron chi connectivity index (χ4n) is 5.18. The van der Waals surface area contributed by atoms with Gasteiger partial charge in [-0.2, -0.15) is 0 Å². The van der Waals surface area contributed by atoms with Gasteiger partial charge in [-0.3, -0.25) is 0 Å². The topological polar surface area (TPSA) is 43.2 Å². The molecule has 2 aromatic carbocycles. The van der Waals surface area contributed by atoms with E-state index in [4.69, 9.17) is 19.5 Å². The molecule has 4 aliphatic rings. The van der Waals surface area contributed by atoms with Gasteiger partial charge in [-0.25, -0.2) is 9.98 Å². The fourth-order valence-corrected chi connectivity index (χ4v) is 5.18. The van der Waals surface area contributed by atoms with Gasteiger partial charge >= 0.3 is 0 Å². The van der Waals surface area contributed by atoms with Crippen LogP contribution in [0, 0.1) is 0 Å². The molecule has 2 aromatic rings. The van der Waals surface area contributed by atoms with Crippen molar-refractivity contribution >= 4 is 11.8 Å².